The van der Waals surface area contributed by atoms with E-state index in [2.05, 4.69) is 85.3 Å². The molecule has 5 heteroatoms. The van der Waals surface area contributed by atoms with Crippen molar-refractivity contribution in [2.45, 2.75) is 39.2 Å². The zero-order valence-electron chi connectivity index (χ0n) is 16.7. The molecule has 2 aromatic rings. The van der Waals surface area contributed by atoms with E-state index in [-0.39, 0.29) is 5.41 Å². The van der Waals surface area contributed by atoms with Crippen molar-refractivity contribution in [3.63, 3.8) is 0 Å². The molecule has 0 radical (unpaired) electrons. The van der Waals surface area contributed by atoms with E-state index < -0.39 is 0 Å². The summed E-state index contributed by atoms with van der Waals surface area (Å²) in [5, 5.41) is 3.38. The second-order valence-corrected chi connectivity index (χ2v) is 8.02. The molecule has 0 bridgehead atoms. The van der Waals surface area contributed by atoms with Crippen LogP contribution in [0.5, 0.6) is 0 Å². The molecule has 0 atom stereocenters. The summed E-state index contributed by atoms with van der Waals surface area (Å²) in [6.45, 7) is 10.4. The maximum Gasteiger partial charge on any atom is 0.224 e. The van der Waals surface area contributed by atoms with Crippen LogP contribution in [0.25, 0.3) is 0 Å². The van der Waals surface area contributed by atoms with Crippen molar-refractivity contribution in [3.05, 3.63) is 47.2 Å². The van der Waals surface area contributed by atoms with Gasteiger partial charge in [-0.25, -0.2) is 4.98 Å². The number of hydrogen-bond acceptors (Lipinski definition) is 5. The second kappa shape index (κ2) is 7.62. The largest absolute Gasteiger partial charge is 0.353 e. The Bertz CT molecular complexity index is 754. The molecule has 0 aliphatic carbocycles. The summed E-state index contributed by atoms with van der Waals surface area (Å²) in [5.74, 6) is 1.75. The third kappa shape index (κ3) is 4.15. The average molecular weight is 354 g/mol. The van der Waals surface area contributed by atoms with Gasteiger partial charge in [0, 0.05) is 43.4 Å². The van der Waals surface area contributed by atoms with Crippen LogP contribution < -0.4 is 10.2 Å². The van der Waals surface area contributed by atoms with E-state index >= 15 is 0 Å². The Morgan fingerprint density at radius 1 is 1.19 bits per heavy atom. The van der Waals surface area contributed by atoms with E-state index in [0.717, 1.165) is 50.1 Å². The lowest BCUT2D eigenvalue weighted by atomic mass is 9.78. The zero-order chi connectivity index (χ0) is 18.7. The predicted octanol–water partition coefficient (Wildman–Crippen LogP) is 3.31. The molecule has 0 unspecified atom stereocenters. The van der Waals surface area contributed by atoms with Gasteiger partial charge in [-0.3, -0.25) is 0 Å². The summed E-state index contributed by atoms with van der Waals surface area (Å²) in [7, 11) is 4.15. The number of benzene rings is 1. The number of rotatable bonds is 6. The zero-order valence-corrected chi connectivity index (χ0v) is 16.7. The number of fused-ring (bicyclic) bond motifs is 1. The summed E-state index contributed by atoms with van der Waals surface area (Å²) >= 11 is 0. The fourth-order valence-corrected chi connectivity index (χ4v) is 3.60. The van der Waals surface area contributed by atoms with Gasteiger partial charge in [0.1, 0.15) is 5.82 Å². The SMILES string of the molecule is CCc1cc(N2Cc3ccccc3C(C)(C)C2)nc(NCCN(C)C)n1. The standard InChI is InChI=1S/C21H31N5/c1-6-17-13-19(24-20(23-17)22-11-12-25(4)5)26-14-16-9-7-8-10-18(16)21(2,3)15-26/h7-10,13H,6,11-12,14-15H2,1-5H3,(H,22,23,24). The van der Waals surface area contributed by atoms with Crippen molar-refractivity contribution < 1.29 is 0 Å². The van der Waals surface area contributed by atoms with Gasteiger partial charge in [0.2, 0.25) is 5.95 Å². The molecule has 1 aromatic heterocycles. The molecule has 1 N–H and O–H groups in total. The van der Waals surface area contributed by atoms with Crippen LogP contribution in [0, 0.1) is 0 Å². The van der Waals surface area contributed by atoms with E-state index in [9.17, 15) is 0 Å². The Labute approximate surface area is 157 Å². The van der Waals surface area contributed by atoms with Crippen LogP contribution in [0.1, 0.15) is 37.6 Å². The molecule has 5 nitrogen and oxygen atoms in total. The third-order valence-corrected chi connectivity index (χ3v) is 4.99. The van der Waals surface area contributed by atoms with Crippen LogP contribution in [0.4, 0.5) is 11.8 Å². The fraction of sp³-hybridized carbons (Fsp3) is 0.524. The van der Waals surface area contributed by atoms with Crippen molar-refractivity contribution >= 4 is 11.8 Å². The number of nitrogens with one attached hydrogen (secondary N) is 1. The minimum atomic E-state index is 0.102. The van der Waals surface area contributed by atoms with Crippen LogP contribution in [0.3, 0.4) is 0 Å². The summed E-state index contributed by atoms with van der Waals surface area (Å²) < 4.78 is 0. The summed E-state index contributed by atoms with van der Waals surface area (Å²) in [6.07, 6.45) is 0.908. The first-order valence-electron chi connectivity index (χ1n) is 9.49. The van der Waals surface area contributed by atoms with Crippen molar-refractivity contribution in [2.24, 2.45) is 0 Å². The van der Waals surface area contributed by atoms with E-state index in [4.69, 9.17) is 4.98 Å². The van der Waals surface area contributed by atoms with Gasteiger partial charge in [0.25, 0.3) is 0 Å². The highest BCUT2D eigenvalue weighted by molar-refractivity contribution is 5.50. The van der Waals surface area contributed by atoms with Crippen LogP contribution in [0.2, 0.25) is 0 Å². The van der Waals surface area contributed by atoms with Crippen molar-refractivity contribution in [1.82, 2.24) is 14.9 Å². The molecule has 140 valence electrons. The van der Waals surface area contributed by atoms with Gasteiger partial charge in [-0.1, -0.05) is 45.0 Å². The Balaban J connectivity index is 1.86. The van der Waals surface area contributed by atoms with Gasteiger partial charge in [-0.15, -0.1) is 0 Å². The minimum absolute atomic E-state index is 0.102. The number of hydrogen-bond donors (Lipinski definition) is 1. The molecular formula is C21H31N5. The van der Waals surface area contributed by atoms with Gasteiger partial charge in [0.15, 0.2) is 0 Å². The molecular weight excluding hydrogens is 322 g/mol. The first-order valence-corrected chi connectivity index (χ1v) is 9.49. The average Bonchev–Trinajstić information content (AvgIpc) is 2.60. The molecule has 1 aliphatic rings. The molecule has 1 aromatic carbocycles. The summed E-state index contributed by atoms with van der Waals surface area (Å²) in [4.78, 5) is 14.0. The van der Waals surface area contributed by atoms with Crippen LogP contribution in [-0.2, 0) is 18.4 Å². The number of anilines is 2. The van der Waals surface area contributed by atoms with Gasteiger partial charge in [-0.05, 0) is 31.6 Å². The van der Waals surface area contributed by atoms with Crippen LogP contribution in [0.15, 0.2) is 30.3 Å². The van der Waals surface area contributed by atoms with Gasteiger partial charge in [-0.2, -0.15) is 4.98 Å². The molecule has 0 fully saturated rings. The maximum atomic E-state index is 4.83. The molecule has 0 amide bonds. The Morgan fingerprint density at radius 2 is 1.96 bits per heavy atom. The molecule has 0 saturated carbocycles. The number of likely N-dealkylation sites (N-methyl/N-ethyl adjacent to an activating group) is 1. The first-order chi connectivity index (χ1) is 12.4. The molecule has 3 rings (SSSR count). The van der Waals surface area contributed by atoms with Gasteiger partial charge in [0.05, 0.1) is 0 Å². The summed E-state index contributed by atoms with van der Waals surface area (Å²) in [6, 6.07) is 10.9. The van der Waals surface area contributed by atoms with Crippen molar-refractivity contribution in [1.29, 1.82) is 0 Å². The number of aryl methyl sites for hydroxylation is 1. The van der Waals surface area contributed by atoms with Crippen molar-refractivity contribution in [2.75, 3.05) is 43.9 Å². The van der Waals surface area contributed by atoms with E-state index in [1.165, 1.54) is 11.1 Å². The lowest BCUT2D eigenvalue weighted by Gasteiger charge is -2.40. The highest BCUT2D eigenvalue weighted by Crippen LogP contribution is 2.35. The first kappa shape index (κ1) is 18.6. The molecule has 0 spiro atoms. The van der Waals surface area contributed by atoms with Crippen LogP contribution >= 0.6 is 0 Å². The molecule has 0 saturated heterocycles. The Kier molecular flexibility index (Phi) is 5.47. The van der Waals surface area contributed by atoms with Gasteiger partial charge < -0.3 is 15.1 Å². The maximum absolute atomic E-state index is 4.83. The van der Waals surface area contributed by atoms with Crippen LogP contribution in [-0.4, -0.2) is 48.6 Å². The third-order valence-electron chi connectivity index (χ3n) is 4.99. The molecule has 26 heavy (non-hydrogen) atoms. The normalized spacial score (nSPS) is 15.8. The predicted molar refractivity (Wildman–Crippen MR) is 109 cm³/mol. The highest BCUT2D eigenvalue weighted by atomic mass is 15.2. The van der Waals surface area contributed by atoms with E-state index in [0.29, 0.717) is 0 Å². The quantitative estimate of drug-likeness (QED) is 0.863. The lowest BCUT2D eigenvalue weighted by Crippen LogP contribution is -2.42. The lowest BCUT2D eigenvalue weighted by molar-refractivity contribution is 0.425. The second-order valence-electron chi connectivity index (χ2n) is 8.02. The molecule has 1 aliphatic heterocycles. The Morgan fingerprint density at radius 3 is 2.69 bits per heavy atom. The number of aromatic nitrogens is 2. The highest BCUT2D eigenvalue weighted by Gasteiger charge is 2.32. The fourth-order valence-electron chi connectivity index (χ4n) is 3.60. The Hall–Kier alpha value is -2.14. The van der Waals surface area contributed by atoms with Crippen molar-refractivity contribution in [3.8, 4) is 0 Å². The number of nitrogens with zero attached hydrogens (tertiary/aromatic N) is 4. The van der Waals surface area contributed by atoms with E-state index in [1.54, 1.807) is 0 Å². The molecule has 2 heterocycles. The topological polar surface area (TPSA) is 44.3 Å². The van der Waals surface area contributed by atoms with Gasteiger partial charge >= 0.3 is 0 Å². The van der Waals surface area contributed by atoms with E-state index in [1.807, 2.05) is 0 Å². The minimum Gasteiger partial charge on any atom is -0.353 e. The smallest absolute Gasteiger partial charge is 0.224 e. The summed E-state index contributed by atoms with van der Waals surface area (Å²) in [5.41, 5.74) is 4.02. The monoisotopic (exact) mass is 353 g/mol.